The maximum Gasteiger partial charge on any atom is 0.0340 e. The third-order valence-corrected chi connectivity index (χ3v) is 2.49. The van der Waals surface area contributed by atoms with Gasteiger partial charge in [0, 0.05) is 12.2 Å². The van der Waals surface area contributed by atoms with Gasteiger partial charge in [-0.3, -0.25) is 0 Å². The first-order chi connectivity index (χ1) is 7.34. The van der Waals surface area contributed by atoms with Gasteiger partial charge in [0.25, 0.3) is 0 Å². The molecule has 0 bridgehead atoms. The van der Waals surface area contributed by atoms with Gasteiger partial charge in [-0.05, 0) is 12.0 Å². The lowest BCUT2D eigenvalue weighted by molar-refractivity contribution is 0.650. The molecule has 0 heterocycles. The van der Waals surface area contributed by atoms with E-state index in [4.69, 9.17) is 0 Å². The predicted octanol–water partition coefficient (Wildman–Crippen LogP) is 3.83. The summed E-state index contributed by atoms with van der Waals surface area (Å²) in [5.74, 6) is 0. The standard InChI is InChI=1S/C14H21N/c1-3-4-5-9-12-15-13(2)14-10-7-6-8-11-14/h6-8,10-11,15H,2-5,9,12H2,1H3. The van der Waals surface area contributed by atoms with Gasteiger partial charge in [0.2, 0.25) is 0 Å². The Hall–Kier alpha value is -1.24. The van der Waals surface area contributed by atoms with E-state index in [-0.39, 0.29) is 0 Å². The largest absolute Gasteiger partial charge is 0.385 e. The van der Waals surface area contributed by atoms with Gasteiger partial charge in [0.1, 0.15) is 0 Å². The average Bonchev–Trinajstić information content (AvgIpc) is 2.30. The summed E-state index contributed by atoms with van der Waals surface area (Å²) in [6, 6.07) is 10.3. The van der Waals surface area contributed by atoms with Crippen LogP contribution in [0.15, 0.2) is 36.9 Å². The second kappa shape index (κ2) is 7.10. The predicted molar refractivity (Wildman–Crippen MR) is 67.6 cm³/mol. The minimum absolute atomic E-state index is 1.03. The third kappa shape index (κ3) is 4.68. The molecule has 15 heavy (non-hydrogen) atoms. The average molecular weight is 203 g/mol. The molecule has 1 rings (SSSR count). The summed E-state index contributed by atoms with van der Waals surface area (Å²) in [5.41, 5.74) is 2.22. The Morgan fingerprint density at radius 3 is 2.53 bits per heavy atom. The van der Waals surface area contributed by atoms with Crippen molar-refractivity contribution in [2.75, 3.05) is 6.54 Å². The van der Waals surface area contributed by atoms with Crippen LogP contribution in [0.5, 0.6) is 0 Å². The molecule has 1 aromatic carbocycles. The normalized spacial score (nSPS) is 9.93. The first kappa shape index (κ1) is 11.8. The van der Waals surface area contributed by atoms with Gasteiger partial charge in [-0.1, -0.05) is 63.1 Å². The minimum Gasteiger partial charge on any atom is -0.385 e. The molecule has 0 aliphatic rings. The van der Waals surface area contributed by atoms with Crippen LogP contribution in [0.3, 0.4) is 0 Å². The van der Waals surface area contributed by atoms with Crippen molar-refractivity contribution in [2.24, 2.45) is 0 Å². The SMILES string of the molecule is C=C(NCCCCCC)c1ccccc1. The summed E-state index contributed by atoms with van der Waals surface area (Å²) in [5, 5.41) is 3.36. The molecule has 0 unspecified atom stereocenters. The van der Waals surface area contributed by atoms with Gasteiger partial charge in [-0.15, -0.1) is 0 Å². The number of unbranched alkanes of at least 4 members (excludes halogenated alkanes) is 3. The summed E-state index contributed by atoms with van der Waals surface area (Å²) in [4.78, 5) is 0. The lowest BCUT2D eigenvalue weighted by Crippen LogP contribution is -2.12. The fourth-order valence-electron chi connectivity index (χ4n) is 1.53. The third-order valence-electron chi connectivity index (χ3n) is 2.49. The molecule has 1 heteroatoms. The van der Waals surface area contributed by atoms with Crippen LogP contribution in [0.25, 0.3) is 5.70 Å². The highest BCUT2D eigenvalue weighted by Gasteiger charge is 1.95. The van der Waals surface area contributed by atoms with Gasteiger partial charge < -0.3 is 5.32 Å². The van der Waals surface area contributed by atoms with E-state index in [1.54, 1.807) is 0 Å². The highest BCUT2D eigenvalue weighted by Crippen LogP contribution is 2.08. The lowest BCUT2D eigenvalue weighted by Gasteiger charge is -2.09. The van der Waals surface area contributed by atoms with Gasteiger partial charge in [0.15, 0.2) is 0 Å². The molecule has 0 saturated carbocycles. The van der Waals surface area contributed by atoms with Crippen LogP contribution in [0.2, 0.25) is 0 Å². The first-order valence-corrected chi connectivity index (χ1v) is 5.82. The van der Waals surface area contributed by atoms with Gasteiger partial charge in [-0.25, -0.2) is 0 Å². The molecule has 0 aliphatic carbocycles. The van der Waals surface area contributed by atoms with E-state index in [0.29, 0.717) is 0 Å². The van der Waals surface area contributed by atoms with Gasteiger partial charge in [0.05, 0.1) is 0 Å². The maximum absolute atomic E-state index is 4.03. The Bertz CT molecular complexity index is 277. The van der Waals surface area contributed by atoms with Crippen LogP contribution in [-0.4, -0.2) is 6.54 Å². The zero-order valence-electron chi connectivity index (χ0n) is 9.63. The molecular weight excluding hydrogens is 182 g/mol. The summed E-state index contributed by atoms with van der Waals surface area (Å²) in [7, 11) is 0. The van der Waals surface area contributed by atoms with E-state index < -0.39 is 0 Å². The summed E-state index contributed by atoms with van der Waals surface area (Å²) in [6.07, 6.45) is 5.17. The minimum atomic E-state index is 1.03. The monoisotopic (exact) mass is 203 g/mol. The number of nitrogens with one attached hydrogen (secondary N) is 1. The van der Waals surface area contributed by atoms with Crippen molar-refractivity contribution in [3.8, 4) is 0 Å². The van der Waals surface area contributed by atoms with Crippen molar-refractivity contribution in [3.63, 3.8) is 0 Å². The quantitative estimate of drug-likeness (QED) is 0.664. The van der Waals surface area contributed by atoms with Crippen LogP contribution in [0.4, 0.5) is 0 Å². The zero-order valence-corrected chi connectivity index (χ0v) is 9.63. The van der Waals surface area contributed by atoms with Crippen molar-refractivity contribution >= 4 is 5.70 Å². The van der Waals surface area contributed by atoms with E-state index in [1.165, 1.54) is 31.2 Å². The van der Waals surface area contributed by atoms with Crippen LogP contribution in [0, 0.1) is 0 Å². The molecule has 0 atom stereocenters. The second-order valence-corrected chi connectivity index (χ2v) is 3.83. The topological polar surface area (TPSA) is 12.0 Å². The van der Waals surface area contributed by atoms with Crippen molar-refractivity contribution in [1.29, 1.82) is 0 Å². The molecule has 0 amide bonds. The van der Waals surface area contributed by atoms with Gasteiger partial charge >= 0.3 is 0 Å². The highest BCUT2D eigenvalue weighted by atomic mass is 14.9. The van der Waals surface area contributed by atoms with E-state index in [0.717, 1.165) is 12.2 Å². The number of hydrogen-bond acceptors (Lipinski definition) is 1. The summed E-state index contributed by atoms with van der Waals surface area (Å²) in [6.45, 7) is 7.30. The molecule has 0 radical (unpaired) electrons. The molecule has 1 nitrogen and oxygen atoms in total. The number of rotatable bonds is 7. The Morgan fingerprint density at radius 2 is 1.87 bits per heavy atom. The molecular formula is C14H21N. The van der Waals surface area contributed by atoms with Crippen molar-refractivity contribution in [2.45, 2.75) is 32.6 Å². The molecule has 0 saturated heterocycles. The maximum atomic E-state index is 4.03. The Morgan fingerprint density at radius 1 is 1.13 bits per heavy atom. The smallest absolute Gasteiger partial charge is 0.0340 e. The Labute approximate surface area is 93.2 Å². The van der Waals surface area contributed by atoms with Crippen molar-refractivity contribution < 1.29 is 0 Å². The van der Waals surface area contributed by atoms with E-state index in [9.17, 15) is 0 Å². The number of hydrogen-bond donors (Lipinski definition) is 1. The fraction of sp³-hybridized carbons (Fsp3) is 0.429. The van der Waals surface area contributed by atoms with Crippen LogP contribution in [-0.2, 0) is 0 Å². The summed E-state index contributed by atoms with van der Waals surface area (Å²) < 4.78 is 0. The molecule has 0 fully saturated rings. The van der Waals surface area contributed by atoms with Crippen molar-refractivity contribution in [1.82, 2.24) is 5.32 Å². The van der Waals surface area contributed by atoms with Gasteiger partial charge in [-0.2, -0.15) is 0 Å². The van der Waals surface area contributed by atoms with E-state index in [2.05, 4.69) is 31.0 Å². The van der Waals surface area contributed by atoms with Crippen LogP contribution < -0.4 is 5.32 Å². The highest BCUT2D eigenvalue weighted by molar-refractivity contribution is 5.61. The molecule has 0 aromatic heterocycles. The lowest BCUT2D eigenvalue weighted by atomic mass is 10.1. The Balaban J connectivity index is 2.20. The molecule has 0 spiro atoms. The summed E-state index contributed by atoms with van der Waals surface area (Å²) >= 11 is 0. The Kier molecular flexibility index (Phi) is 5.60. The van der Waals surface area contributed by atoms with Crippen molar-refractivity contribution in [3.05, 3.63) is 42.5 Å². The second-order valence-electron chi connectivity index (χ2n) is 3.83. The molecule has 1 N–H and O–H groups in total. The zero-order chi connectivity index (χ0) is 10.9. The fourth-order valence-corrected chi connectivity index (χ4v) is 1.53. The number of benzene rings is 1. The van der Waals surface area contributed by atoms with Crippen LogP contribution in [0.1, 0.15) is 38.2 Å². The van der Waals surface area contributed by atoms with E-state index >= 15 is 0 Å². The molecule has 82 valence electrons. The van der Waals surface area contributed by atoms with Crippen LogP contribution >= 0.6 is 0 Å². The van der Waals surface area contributed by atoms with E-state index in [1.807, 2.05) is 18.2 Å². The first-order valence-electron chi connectivity index (χ1n) is 5.82. The molecule has 0 aliphatic heterocycles. The molecule has 1 aromatic rings.